The first-order valence-corrected chi connectivity index (χ1v) is 11.3. The number of carbonyl (C=O) groups is 1. The SMILES string of the molecule is Cc1cc(N2CCC(C(=O)NCc3ccccc3)CC2)n2nc(-c3ccccc3F)cc2n1. The lowest BCUT2D eigenvalue weighted by atomic mass is 9.95. The standard InChI is InChI=1S/C26H26FN5O/c1-18-15-25(32-24(29-18)16-23(30-32)21-9-5-6-10-22(21)27)31-13-11-20(12-14-31)26(33)28-17-19-7-3-2-4-8-19/h2-10,15-16,20H,11-14,17H2,1H3,(H,28,33). The minimum Gasteiger partial charge on any atom is -0.356 e. The van der Waals surface area contributed by atoms with Gasteiger partial charge in [0.1, 0.15) is 11.6 Å². The summed E-state index contributed by atoms with van der Waals surface area (Å²) in [5.74, 6) is 0.718. The van der Waals surface area contributed by atoms with Gasteiger partial charge in [0.05, 0.1) is 5.69 Å². The highest BCUT2D eigenvalue weighted by molar-refractivity contribution is 5.79. The molecule has 2 aromatic heterocycles. The molecule has 1 amide bonds. The Morgan fingerprint density at radius 3 is 2.55 bits per heavy atom. The summed E-state index contributed by atoms with van der Waals surface area (Å²) in [6.45, 7) is 3.99. The molecule has 1 aliphatic rings. The van der Waals surface area contributed by atoms with Gasteiger partial charge in [-0.15, -0.1) is 0 Å². The number of anilines is 1. The van der Waals surface area contributed by atoms with Crippen molar-refractivity contribution in [2.75, 3.05) is 18.0 Å². The van der Waals surface area contributed by atoms with E-state index in [0.717, 1.165) is 43.0 Å². The fraction of sp³-hybridized carbons (Fsp3) is 0.269. The summed E-state index contributed by atoms with van der Waals surface area (Å²) in [5.41, 5.74) is 3.68. The first kappa shape index (κ1) is 21.1. The highest BCUT2D eigenvalue weighted by atomic mass is 19.1. The van der Waals surface area contributed by atoms with Gasteiger partial charge in [0.25, 0.3) is 0 Å². The highest BCUT2D eigenvalue weighted by Crippen LogP contribution is 2.28. The molecule has 1 saturated heterocycles. The summed E-state index contributed by atoms with van der Waals surface area (Å²) in [6.07, 6.45) is 1.54. The molecule has 1 N–H and O–H groups in total. The molecule has 1 fully saturated rings. The summed E-state index contributed by atoms with van der Waals surface area (Å²) in [7, 11) is 0. The van der Waals surface area contributed by atoms with Crippen LogP contribution in [0.5, 0.6) is 0 Å². The Balaban J connectivity index is 1.31. The number of aryl methyl sites for hydroxylation is 1. The van der Waals surface area contributed by atoms with E-state index in [1.54, 1.807) is 22.7 Å². The predicted molar refractivity (Wildman–Crippen MR) is 126 cm³/mol. The minimum atomic E-state index is -0.304. The van der Waals surface area contributed by atoms with Gasteiger partial charge in [0.2, 0.25) is 5.91 Å². The maximum absolute atomic E-state index is 14.3. The van der Waals surface area contributed by atoms with Gasteiger partial charge < -0.3 is 10.2 Å². The van der Waals surface area contributed by atoms with Crippen LogP contribution in [0, 0.1) is 18.7 Å². The molecule has 0 atom stereocenters. The summed E-state index contributed by atoms with van der Waals surface area (Å²) in [4.78, 5) is 19.5. The van der Waals surface area contributed by atoms with Crippen LogP contribution in [0.4, 0.5) is 10.2 Å². The van der Waals surface area contributed by atoms with Crippen molar-refractivity contribution in [1.82, 2.24) is 19.9 Å². The molecule has 0 aliphatic carbocycles. The number of amides is 1. The summed E-state index contributed by atoms with van der Waals surface area (Å²) >= 11 is 0. The number of benzene rings is 2. The summed E-state index contributed by atoms with van der Waals surface area (Å²) in [5, 5.41) is 7.74. The molecule has 0 spiro atoms. The molecule has 2 aromatic carbocycles. The number of halogens is 1. The minimum absolute atomic E-state index is 0.00464. The number of nitrogens with one attached hydrogen (secondary N) is 1. The molecule has 1 aliphatic heterocycles. The summed E-state index contributed by atoms with van der Waals surface area (Å²) < 4.78 is 16.1. The molecule has 0 bridgehead atoms. The van der Waals surface area contributed by atoms with E-state index in [9.17, 15) is 9.18 Å². The molecule has 33 heavy (non-hydrogen) atoms. The third kappa shape index (κ3) is 4.44. The van der Waals surface area contributed by atoms with Crippen LogP contribution in [-0.4, -0.2) is 33.6 Å². The number of hydrogen-bond donors (Lipinski definition) is 1. The van der Waals surface area contributed by atoms with Crippen molar-refractivity contribution in [2.45, 2.75) is 26.3 Å². The smallest absolute Gasteiger partial charge is 0.223 e. The quantitative estimate of drug-likeness (QED) is 0.497. The van der Waals surface area contributed by atoms with E-state index in [-0.39, 0.29) is 17.6 Å². The second-order valence-electron chi connectivity index (χ2n) is 8.50. The molecule has 0 radical (unpaired) electrons. The molecule has 5 rings (SSSR count). The van der Waals surface area contributed by atoms with Crippen LogP contribution in [0.25, 0.3) is 16.9 Å². The van der Waals surface area contributed by atoms with E-state index >= 15 is 0 Å². The molecule has 168 valence electrons. The number of fused-ring (bicyclic) bond motifs is 1. The van der Waals surface area contributed by atoms with Crippen molar-refractivity contribution in [1.29, 1.82) is 0 Å². The van der Waals surface area contributed by atoms with Crippen LogP contribution < -0.4 is 10.2 Å². The molecular weight excluding hydrogens is 417 g/mol. The van der Waals surface area contributed by atoms with Gasteiger partial charge in [-0.25, -0.2) is 9.37 Å². The van der Waals surface area contributed by atoms with Crippen LogP contribution in [0.1, 0.15) is 24.1 Å². The van der Waals surface area contributed by atoms with Crippen molar-refractivity contribution in [3.8, 4) is 11.3 Å². The van der Waals surface area contributed by atoms with Gasteiger partial charge in [-0.05, 0) is 37.5 Å². The number of rotatable bonds is 5. The van der Waals surface area contributed by atoms with Crippen LogP contribution in [0.15, 0.2) is 66.7 Å². The van der Waals surface area contributed by atoms with E-state index in [1.165, 1.54) is 6.07 Å². The Bertz CT molecular complexity index is 1280. The van der Waals surface area contributed by atoms with Crippen LogP contribution in [0.3, 0.4) is 0 Å². The average Bonchev–Trinajstić information content (AvgIpc) is 3.26. The lowest BCUT2D eigenvalue weighted by Crippen LogP contribution is -2.41. The second-order valence-corrected chi connectivity index (χ2v) is 8.50. The van der Waals surface area contributed by atoms with Crippen molar-refractivity contribution in [2.24, 2.45) is 5.92 Å². The van der Waals surface area contributed by atoms with Gasteiger partial charge in [0.15, 0.2) is 5.65 Å². The second kappa shape index (κ2) is 9.02. The number of nitrogens with zero attached hydrogens (tertiary/aromatic N) is 4. The molecular formula is C26H26FN5O. The fourth-order valence-electron chi connectivity index (χ4n) is 4.41. The number of carbonyl (C=O) groups excluding carboxylic acids is 1. The lowest BCUT2D eigenvalue weighted by molar-refractivity contribution is -0.125. The summed E-state index contributed by atoms with van der Waals surface area (Å²) in [6, 6.07) is 20.4. The van der Waals surface area contributed by atoms with Gasteiger partial charge >= 0.3 is 0 Å². The first-order chi connectivity index (χ1) is 16.1. The Hall–Kier alpha value is -3.74. The zero-order chi connectivity index (χ0) is 22.8. The number of piperidine rings is 1. The van der Waals surface area contributed by atoms with E-state index < -0.39 is 0 Å². The van der Waals surface area contributed by atoms with E-state index in [1.807, 2.05) is 49.4 Å². The lowest BCUT2D eigenvalue weighted by Gasteiger charge is -2.33. The molecule has 7 heteroatoms. The van der Waals surface area contributed by atoms with Gasteiger partial charge in [0, 0.05) is 48.9 Å². The highest BCUT2D eigenvalue weighted by Gasteiger charge is 2.26. The molecule has 0 unspecified atom stereocenters. The molecule has 0 saturated carbocycles. The normalized spacial score (nSPS) is 14.5. The van der Waals surface area contributed by atoms with Crippen LogP contribution in [-0.2, 0) is 11.3 Å². The van der Waals surface area contributed by atoms with Gasteiger partial charge in [-0.2, -0.15) is 9.61 Å². The van der Waals surface area contributed by atoms with Gasteiger partial charge in [-0.3, -0.25) is 4.79 Å². The van der Waals surface area contributed by atoms with Crippen molar-refractivity contribution < 1.29 is 9.18 Å². The third-order valence-electron chi connectivity index (χ3n) is 6.19. The molecule has 3 heterocycles. The Morgan fingerprint density at radius 1 is 1.06 bits per heavy atom. The number of hydrogen-bond acceptors (Lipinski definition) is 4. The zero-order valence-electron chi connectivity index (χ0n) is 18.5. The monoisotopic (exact) mass is 443 g/mol. The van der Waals surface area contributed by atoms with Crippen LogP contribution in [0.2, 0.25) is 0 Å². The van der Waals surface area contributed by atoms with E-state index in [0.29, 0.717) is 23.4 Å². The average molecular weight is 444 g/mol. The Kier molecular flexibility index (Phi) is 5.77. The molecule has 6 nitrogen and oxygen atoms in total. The Labute approximate surface area is 192 Å². The predicted octanol–water partition coefficient (Wildman–Crippen LogP) is 4.38. The zero-order valence-corrected chi connectivity index (χ0v) is 18.5. The molecule has 4 aromatic rings. The Morgan fingerprint density at radius 2 is 1.79 bits per heavy atom. The van der Waals surface area contributed by atoms with E-state index in [2.05, 4.69) is 20.3 Å². The largest absolute Gasteiger partial charge is 0.356 e. The fourth-order valence-corrected chi connectivity index (χ4v) is 4.41. The van der Waals surface area contributed by atoms with Crippen molar-refractivity contribution >= 4 is 17.4 Å². The maximum atomic E-state index is 14.3. The van der Waals surface area contributed by atoms with Gasteiger partial charge in [-0.1, -0.05) is 42.5 Å². The van der Waals surface area contributed by atoms with E-state index in [4.69, 9.17) is 0 Å². The maximum Gasteiger partial charge on any atom is 0.223 e. The number of aromatic nitrogens is 3. The topological polar surface area (TPSA) is 62.5 Å². The van der Waals surface area contributed by atoms with Crippen molar-refractivity contribution in [3.63, 3.8) is 0 Å². The third-order valence-corrected chi connectivity index (χ3v) is 6.19. The first-order valence-electron chi connectivity index (χ1n) is 11.3. The van der Waals surface area contributed by atoms with Crippen LogP contribution >= 0.6 is 0 Å². The van der Waals surface area contributed by atoms with Crippen molar-refractivity contribution in [3.05, 3.63) is 83.8 Å².